The molecular weight excluding hydrogens is 338 g/mol. The minimum Gasteiger partial charge on any atom is -0.383 e. The molecule has 4 rings (SSSR count). The van der Waals surface area contributed by atoms with Crippen molar-refractivity contribution in [2.75, 3.05) is 18.1 Å². The number of nitrogens with two attached hydrogens (primary N) is 1. The van der Waals surface area contributed by atoms with Crippen LogP contribution in [0.25, 0.3) is 11.1 Å². The molecule has 27 heavy (non-hydrogen) atoms. The highest BCUT2D eigenvalue weighted by atomic mass is 16.1. The van der Waals surface area contributed by atoms with Gasteiger partial charge in [-0.05, 0) is 44.0 Å². The summed E-state index contributed by atoms with van der Waals surface area (Å²) in [7, 11) is 2.17. The number of aromatic nitrogens is 1. The Bertz CT molecular complexity index is 945. The molecule has 0 saturated carbocycles. The van der Waals surface area contributed by atoms with E-state index >= 15 is 0 Å². The van der Waals surface area contributed by atoms with Crippen LogP contribution in [-0.4, -0.2) is 28.9 Å². The van der Waals surface area contributed by atoms with Crippen LogP contribution in [-0.2, 0) is 11.2 Å². The van der Waals surface area contributed by atoms with E-state index in [0.717, 1.165) is 40.9 Å². The van der Waals surface area contributed by atoms with Gasteiger partial charge >= 0.3 is 0 Å². The van der Waals surface area contributed by atoms with Gasteiger partial charge in [0.2, 0.25) is 5.91 Å². The lowest BCUT2D eigenvalue weighted by molar-refractivity contribution is -0.114. The molecule has 2 aliphatic heterocycles. The lowest BCUT2D eigenvalue weighted by Crippen LogP contribution is -2.45. The van der Waals surface area contributed by atoms with Crippen LogP contribution < -0.4 is 11.1 Å². The second-order valence-corrected chi connectivity index (χ2v) is 7.45. The van der Waals surface area contributed by atoms with E-state index in [4.69, 9.17) is 5.73 Å². The molecule has 1 aromatic heterocycles. The van der Waals surface area contributed by atoms with E-state index in [2.05, 4.69) is 28.3 Å². The summed E-state index contributed by atoms with van der Waals surface area (Å²) in [6, 6.07) is 10.6. The van der Waals surface area contributed by atoms with Gasteiger partial charge in [-0.1, -0.05) is 12.1 Å². The third-order valence-electron chi connectivity index (χ3n) is 5.79. The first-order chi connectivity index (χ1) is 13.0. The third-order valence-corrected chi connectivity index (χ3v) is 5.79. The Kier molecular flexibility index (Phi) is 4.33. The van der Waals surface area contributed by atoms with Crippen molar-refractivity contribution < 1.29 is 4.79 Å². The maximum absolute atomic E-state index is 11.3. The van der Waals surface area contributed by atoms with Crippen molar-refractivity contribution in [2.24, 2.45) is 0 Å². The van der Waals surface area contributed by atoms with Crippen LogP contribution in [0.1, 0.15) is 49.0 Å². The fraction of sp³-hybridized carbons (Fsp3) is 0.381. The molecule has 1 fully saturated rings. The predicted octanol–water partition coefficient (Wildman–Crippen LogP) is 3.24. The topological polar surface area (TPSA) is 95.0 Å². The summed E-state index contributed by atoms with van der Waals surface area (Å²) in [4.78, 5) is 18.3. The first-order valence-corrected chi connectivity index (χ1v) is 9.32. The van der Waals surface area contributed by atoms with Gasteiger partial charge in [-0.15, -0.1) is 0 Å². The van der Waals surface area contributed by atoms with Crippen molar-refractivity contribution in [1.29, 1.82) is 5.26 Å². The van der Waals surface area contributed by atoms with Crippen LogP contribution >= 0.6 is 0 Å². The number of amides is 1. The van der Waals surface area contributed by atoms with E-state index in [1.165, 1.54) is 19.8 Å². The Hall–Kier alpha value is -2.91. The van der Waals surface area contributed by atoms with Crippen LogP contribution in [0.4, 0.5) is 11.5 Å². The molecule has 0 spiro atoms. The van der Waals surface area contributed by atoms with E-state index in [9.17, 15) is 10.1 Å². The molecule has 1 amide bonds. The highest BCUT2D eigenvalue weighted by Crippen LogP contribution is 2.46. The van der Waals surface area contributed by atoms with Crippen molar-refractivity contribution in [3.63, 3.8) is 0 Å². The monoisotopic (exact) mass is 361 g/mol. The standard InChI is InChI=1S/C21H23N5O/c1-12(27)24-14-8-6-13(7-9-14)19-16(11-22)21(23)25-17-10-15-4-3-5-18(20(17)19)26(15)2/h6-9,15,18H,3-5,10H2,1-2H3,(H2,23,25)(H,24,27)/t15-,18+/m1/s1. The van der Waals surface area contributed by atoms with E-state index in [1.54, 1.807) is 0 Å². The summed E-state index contributed by atoms with van der Waals surface area (Å²) in [5.41, 5.74) is 11.3. The second-order valence-electron chi connectivity index (χ2n) is 7.45. The molecule has 2 bridgehead atoms. The Balaban J connectivity index is 1.89. The van der Waals surface area contributed by atoms with Gasteiger partial charge in [-0.2, -0.15) is 5.26 Å². The number of hydrogen-bond acceptors (Lipinski definition) is 5. The number of benzene rings is 1. The van der Waals surface area contributed by atoms with E-state index in [-0.39, 0.29) is 11.9 Å². The van der Waals surface area contributed by atoms with E-state index in [0.29, 0.717) is 17.4 Å². The molecule has 0 aliphatic carbocycles. The highest BCUT2D eigenvalue weighted by molar-refractivity contribution is 5.89. The maximum Gasteiger partial charge on any atom is 0.221 e. The number of nitrogens with zero attached hydrogens (tertiary/aromatic N) is 3. The molecule has 3 heterocycles. The number of nitrogens with one attached hydrogen (secondary N) is 1. The molecule has 2 aliphatic rings. The van der Waals surface area contributed by atoms with Gasteiger partial charge in [0.1, 0.15) is 17.5 Å². The Morgan fingerprint density at radius 2 is 2.07 bits per heavy atom. The number of fused-ring (bicyclic) bond motifs is 4. The molecular formula is C21H23N5O. The summed E-state index contributed by atoms with van der Waals surface area (Å²) >= 11 is 0. The number of nitrogen functional groups attached to an aromatic ring is 1. The molecule has 6 nitrogen and oxygen atoms in total. The van der Waals surface area contributed by atoms with Crippen molar-refractivity contribution >= 4 is 17.4 Å². The summed E-state index contributed by atoms with van der Waals surface area (Å²) < 4.78 is 0. The lowest BCUT2D eigenvalue weighted by Gasteiger charge is -2.45. The number of hydrogen-bond donors (Lipinski definition) is 2. The third kappa shape index (κ3) is 2.94. The lowest BCUT2D eigenvalue weighted by atomic mass is 9.78. The Morgan fingerprint density at radius 3 is 2.74 bits per heavy atom. The van der Waals surface area contributed by atoms with Gasteiger partial charge in [0.15, 0.2) is 0 Å². The van der Waals surface area contributed by atoms with Crippen molar-refractivity contribution in [3.8, 4) is 17.2 Å². The Labute approximate surface area is 159 Å². The minimum absolute atomic E-state index is 0.110. The van der Waals surface area contributed by atoms with Gasteiger partial charge < -0.3 is 11.1 Å². The highest BCUT2D eigenvalue weighted by Gasteiger charge is 2.38. The number of likely N-dealkylation sites (N-methyl/N-ethyl adjacent to an activating group) is 1. The zero-order chi connectivity index (χ0) is 19.1. The second kappa shape index (κ2) is 6.67. The summed E-state index contributed by atoms with van der Waals surface area (Å²) in [6.45, 7) is 1.48. The first-order valence-electron chi connectivity index (χ1n) is 9.32. The summed E-state index contributed by atoms with van der Waals surface area (Å²) in [6.07, 6.45) is 4.30. The van der Waals surface area contributed by atoms with Crippen LogP contribution in [0.5, 0.6) is 0 Å². The van der Waals surface area contributed by atoms with Crippen molar-refractivity contribution in [1.82, 2.24) is 9.88 Å². The molecule has 138 valence electrons. The Morgan fingerprint density at radius 1 is 1.33 bits per heavy atom. The fourth-order valence-electron chi connectivity index (χ4n) is 4.55. The first kappa shape index (κ1) is 17.5. The van der Waals surface area contributed by atoms with E-state index < -0.39 is 0 Å². The number of carbonyl (C=O) groups excluding carboxylic acids is 1. The largest absolute Gasteiger partial charge is 0.383 e. The maximum atomic E-state index is 11.3. The zero-order valence-corrected chi connectivity index (χ0v) is 15.6. The number of rotatable bonds is 2. The van der Waals surface area contributed by atoms with Crippen molar-refractivity contribution in [3.05, 3.63) is 41.1 Å². The van der Waals surface area contributed by atoms with Crippen LogP contribution in [0.15, 0.2) is 24.3 Å². The molecule has 2 aromatic rings. The number of anilines is 2. The number of nitriles is 1. The SMILES string of the molecule is CC(=O)Nc1ccc(-c2c(C#N)c(N)nc3c2[C@@H]2CCC[C@H](C3)N2C)cc1. The van der Waals surface area contributed by atoms with Crippen LogP contribution in [0.2, 0.25) is 0 Å². The molecule has 1 saturated heterocycles. The predicted molar refractivity (Wildman–Crippen MR) is 105 cm³/mol. The quantitative estimate of drug-likeness (QED) is 0.856. The zero-order valence-electron chi connectivity index (χ0n) is 15.6. The van der Waals surface area contributed by atoms with Gasteiger partial charge in [0.25, 0.3) is 0 Å². The van der Waals surface area contributed by atoms with Gasteiger partial charge in [0.05, 0.1) is 0 Å². The molecule has 2 atom stereocenters. The normalized spacial score (nSPS) is 21.2. The minimum atomic E-state index is -0.110. The van der Waals surface area contributed by atoms with Gasteiger partial charge in [-0.3, -0.25) is 9.69 Å². The van der Waals surface area contributed by atoms with Crippen molar-refractivity contribution in [2.45, 2.75) is 44.7 Å². The number of pyridine rings is 1. The molecule has 3 N–H and O–H groups in total. The number of carbonyl (C=O) groups is 1. The van der Waals surface area contributed by atoms with Crippen LogP contribution in [0, 0.1) is 11.3 Å². The average molecular weight is 361 g/mol. The fourth-order valence-corrected chi connectivity index (χ4v) is 4.55. The average Bonchev–Trinajstić information content (AvgIpc) is 2.62. The van der Waals surface area contributed by atoms with Crippen LogP contribution in [0.3, 0.4) is 0 Å². The number of piperidine rings is 1. The summed E-state index contributed by atoms with van der Waals surface area (Å²) in [5.74, 6) is 0.195. The summed E-state index contributed by atoms with van der Waals surface area (Å²) in [5, 5.41) is 12.6. The molecule has 0 radical (unpaired) electrons. The smallest absolute Gasteiger partial charge is 0.221 e. The molecule has 1 aromatic carbocycles. The molecule has 0 unspecified atom stereocenters. The van der Waals surface area contributed by atoms with Gasteiger partial charge in [0, 0.05) is 47.9 Å². The molecule has 6 heteroatoms. The van der Waals surface area contributed by atoms with E-state index in [1.807, 2.05) is 24.3 Å². The van der Waals surface area contributed by atoms with Gasteiger partial charge in [-0.25, -0.2) is 4.98 Å².